The number of benzene rings is 1. The van der Waals surface area contributed by atoms with Crippen LogP contribution in [-0.4, -0.2) is 42.0 Å². The van der Waals surface area contributed by atoms with Crippen LogP contribution in [0.15, 0.2) is 29.6 Å². The van der Waals surface area contributed by atoms with E-state index >= 15 is 0 Å². The lowest BCUT2D eigenvalue weighted by molar-refractivity contribution is -0.120. The topological polar surface area (TPSA) is 45.2 Å². The predicted octanol–water partition coefficient (Wildman–Crippen LogP) is 4.15. The molecule has 0 spiro atoms. The number of likely N-dealkylation sites (tertiary alicyclic amines) is 1. The number of carbonyl (C=O) groups excluding carboxylic acids is 1. The minimum Gasteiger partial charge on any atom is -0.356 e. The molecule has 3 rings (SSSR count). The molecule has 2 heterocycles. The van der Waals surface area contributed by atoms with Gasteiger partial charge in [-0.1, -0.05) is 43.7 Å². The average molecular weight is 386 g/mol. The van der Waals surface area contributed by atoms with E-state index in [1.54, 1.807) is 11.3 Å². The summed E-state index contributed by atoms with van der Waals surface area (Å²) in [5.41, 5.74) is 3.21. The lowest BCUT2D eigenvalue weighted by Crippen LogP contribution is -2.40. The van der Waals surface area contributed by atoms with Crippen molar-refractivity contribution in [2.75, 3.05) is 26.2 Å². The van der Waals surface area contributed by atoms with Crippen LogP contribution in [-0.2, 0) is 11.2 Å². The molecule has 1 saturated heterocycles. The molecule has 2 atom stereocenters. The number of nitrogens with one attached hydrogen (secondary N) is 1. The van der Waals surface area contributed by atoms with E-state index in [0.29, 0.717) is 6.42 Å². The summed E-state index contributed by atoms with van der Waals surface area (Å²) in [6, 6.07) is 8.35. The van der Waals surface area contributed by atoms with E-state index in [1.807, 2.05) is 5.38 Å². The monoisotopic (exact) mass is 385 g/mol. The number of thiazole rings is 1. The van der Waals surface area contributed by atoms with Crippen LogP contribution >= 0.6 is 11.3 Å². The third kappa shape index (κ3) is 6.15. The van der Waals surface area contributed by atoms with Crippen LogP contribution < -0.4 is 5.32 Å². The molecule has 0 aliphatic carbocycles. The molecule has 1 fully saturated rings. The second-order valence-electron chi connectivity index (χ2n) is 8.10. The van der Waals surface area contributed by atoms with Gasteiger partial charge in [-0.3, -0.25) is 4.79 Å². The number of nitrogens with zero attached hydrogens (tertiary/aromatic N) is 2. The van der Waals surface area contributed by atoms with E-state index in [4.69, 9.17) is 0 Å². The van der Waals surface area contributed by atoms with Crippen molar-refractivity contribution < 1.29 is 4.79 Å². The van der Waals surface area contributed by atoms with Gasteiger partial charge in [0.2, 0.25) is 5.91 Å². The molecular weight excluding hydrogens is 354 g/mol. The molecule has 1 aliphatic heterocycles. The minimum atomic E-state index is 0.0659. The van der Waals surface area contributed by atoms with Gasteiger partial charge in [0.15, 0.2) is 0 Å². The highest BCUT2D eigenvalue weighted by Gasteiger charge is 2.21. The van der Waals surface area contributed by atoms with Crippen LogP contribution in [0.3, 0.4) is 0 Å². The molecule has 27 heavy (non-hydrogen) atoms. The molecule has 4 nitrogen and oxygen atoms in total. The Morgan fingerprint density at radius 1 is 1.22 bits per heavy atom. The van der Waals surface area contributed by atoms with E-state index in [9.17, 15) is 4.79 Å². The molecule has 1 amide bonds. The van der Waals surface area contributed by atoms with Gasteiger partial charge in [0.25, 0.3) is 0 Å². The fraction of sp³-hybridized carbons (Fsp3) is 0.545. The zero-order valence-corrected chi connectivity index (χ0v) is 17.5. The van der Waals surface area contributed by atoms with Gasteiger partial charge < -0.3 is 10.2 Å². The Hall–Kier alpha value is -1.72. The molecule has 0 bridgehead atoms. The van der Waals surface area contributed by atoms with Crippen molar-refractivity contribution in [2.45, 2.75) is 40.0 Å². The molecule has 1 aliphatic rings. The maximum absolute atomic E-state index is 12.2. The van der Waals surface area contributed by atoms with Crippen molar-refractivity contribution in [1.29, 1.82) is 0 Å². The lowest BCUT2D eigenvalue weighted by atomic mass is 9.92. The second-order valence-corrected chi connectivity index (χ2v) is 8.95. The van der Waals surface area contributed by atoms with Gasteiger partial charge in [-0.2, -0.15) is 0 Å². The van der Waals surface area contributed by atoms with Crippen LogP contribution in [0, 0.1) is 18.8 Å². The average Bonchev–Trinajstić information content (AvgIpc) is 3.07. The van der Waals surface area contributed by atoms with Crippen molar-refractivity contribution in [3.05, 3.63) is 40.9 Å². The van der Waals surface area contributed by atoms with Gasteiger partial charge in [-0.25, -0.2) is 4.98 Å². The SMILES string of the molecule is Cc1ccc(-c2nc(CC(=O)NCCCN3CC(C)CC(C)C3)cs2)cc1. The number of piperidine rings is 1. The first-order chi connectivity index (χ1) is 13.0. The third-order valence-electron chi connectivity index (χ3n) is 5.11. The summed E-state index contributed by atoms with van der Waals surface area (Å²) in [5, 5.41) is 6.02. The first kappa shape index (κ1) is 20.0. The summed E-state index contributed by atoms with van der Waals surface area (Å²) in [6.45, 7) is 11.0. The standard InChI is InChI=1S/C22H31N3OS/c1-16-5-7-19(8-6-16)22-24-20(15-27-22)12-21(26)23-9-4-10-25-13-17(2)11-18(3)14-25/h5-8,15,17-18H,4,9-14H2,1-3H3,(H,23,26). The minimum absolute atomic E-state index is 0.0659. The van der Waals surface area contributed by atoms with Crippen molar-refractivity contribution in [1.82, 2.24) is 15.2 Å². The fourth-order valence-electron chi connectivity index (χ4n) is 3.95. The Morgan fingerprint density at radius 2 is 1.93 bits per heavy atom. The first-order valence-electron chi connectivity index (χ1n) is 10.00. The highest BCUT2D eigenvalue weighted by Crippen LogP contribution is 2.24. The largest absolute Gasteiger partial charge is 0.356 e. The van der Waals surface area contributed by atoms with Gasteiger partial charge >= 0.3 is 0 Å². The quantitative estimate of drug-likeness (QED) is 0.729. The van der Waals surface area contributed by atoms with E-state index in [2.05, 4.69) is 60.2 Å². The Labute approximate surface area is 167 Å². The zero-order chi connectivity index (χ0) is 19.2. The van der Waals surface area contributed by atoms with Crippen LogP contribution in [0.2, 0.25) is 0 Å². The van der Waals surface area contributed by atoms with Gasteiger partial charge in [0.1, 0.15) is 5.01 Å². The Kier molecular flexibility index (Phi) is 7.02. The highest BCUT2D eigenvalue weighted by molar-refractivity contribution is 7.13. The summed E-state index contributed by atoms with van der Waals surface area (Å²) >= 11 is 1.60. The number of carbonyl (C=O) groups is 1. The molecule has 1 N–H and O–H groups in total. The molecule has 2 aromatic rings. The Balaban J connectivity index is 1.39. The predicted molar refractivity (Wildman–Crippen MR) is 113 cm³/mol. The fourth-order valence-corrected chi connectivity index (χ4v) is 4.77. The van der Waals surface area contributed by atoms with Crippen LogP contribution in [0.5, 0.6) is 0 Å². The molecule has 2 unspecified atom stereocenters. The number of aryl methyl sites for hydroxylation is 1. The number of hydrogen-bond donors (Lipinski definition) is 1. The van der Waals surface area contributed by atoms with Crippen molar-refractivity contribution in [3.63, 3.8) is 0 Å². The summed E-state index contributed by atoms with van der Waals surface area (Å²) < 4.78 is 0. The molecular formula is C22H31N3OS. The highest BCUT2D eigenvalue weighted by atomic mass is 32.1. The van der Waals surface area contributed by atoms with E-state index in [1.165, 1.54) is 25.1 Å². The molecule has 0 radical (unpaired) electrons. The van der Waals surface area contributed by atoms with Gasteiger partial charge in [-0.05, 0) is 38.1 Å². The number of amides is 1. The summed E-state index contributed by atoms with van der Waals surface area (Å²) in [5.74, 6) is 1.64. The molecule has 1 aromatic heterocycles. The van der Waals surface area contributed by atoms with Gasteiger partial charge in [0, 0.05) is 30.6 Å². The molecule has 5 heteroatoms. The van der Waals surface area contributed by atoms with E-state index in [0.717, 1.165) is 47.6 Å². The first-order valence-corrected chi connectivity index (χ1v) is 10.9. The second kappa shape index (κ2) is 9.47. The van der Waals surface area contributed by atoms with Crippen molar-refractivity contribution >= 4 is 17.2 Å². The van der Waals surface area contributed by atoms with Gasteiger partial charge in [0.05, 0.1) is 12.1 Å². The molecule has 1 aromatic carbocycles. The van der Waals surface area contributed by atoms with Crippen LogP contribution in [0.4, 0.5) is 0 Å². The number of aromatic nitrogens is 1. The normalized spacial score (nSPS) is 20.6. The summed E-state index contributed by atoms with van der Waals surface area (Å²) in [4.78, 5) is 19.4. The Bertz CT molecular complexity index is 730. The lowest BCUT2D eigenvalue weighted by Gasteiger charge is -2.34. The molecule has 146 valence electrons. The number of hydrogen-bond acceptors (Lipinski definition) is 4. The summed E-state index contributed by atoms with van der Waals surface area (Å²) in [7, 11) is 0. The van der Waals surface area contributed by atoms with Crippen LogP contribution in [0.25, 0.3) is 10.6 Å². The van der Waals surface area contributed by atoms with Crippen molar-refractivity contribution in [3.8, 4) is 10.6 Å². The van der Waals surface area contributed by atoms with E-state index in [-0.39, 0.29) is 5.91 Å². The third-order valence-corrected chi connectivity index (χ3v) is 6.05. The van der Waals surface area contributed by atoms with E-state index < -0.39 is 0 Å². The van der Waals surface area contributed by atoms with Crippen LogP contribution in [0.1, 0.15) is 37.9 Å². The Morgan fingerprint density at radius 3 is 2.63 bits per heavy atom. The summed E-state index contributed by atoms with van der Waals surface area (Å²) in [6.07, 6.45) is 2.71. The van der Waals surface area contributed by atoms with Gasteiger partial charge in [-0.15, -0.1) is 11.3 Å². The number of rotatable bonds is 7. The smallest absolute Gasteiger partial charge is 0.226 e. The maximum atomic E-state index is 12.2. The molecule has 0 saturated carbocycles. The zero-order valence-electron chi connectivity index (χ0n) is 16.7. The maximum Gasteiger partial charge on any atom is 0.226 e. The van der Waals surface area contributed by atoms with Crippen molar-refractivity contribution in [2.24, 2.45) is 11.8 Å².